The van der Waals surface area contributed by atoms with Crippen molar-refractivity contribution in [1.82, 2.24) is 9.88 Å². The van der Waals surface area contributed by atoms with Crippen LogP contribution >= 0.6 is 0 Å². The molecule has 3 aromatic rings. The Morgan fingerprint density at radius 1 is 1.00 bits per heavy atom. The Morgan fingerprint density at radius 3 is 2.44 bits per heavy atom. The number of hydrogen-bond acceptors (Lipinski definition) is 5. The fraction of sp³-hybridized carbons (Fsp3) is 0.350. The van der Waals surface area contributed by atoms with Gasteiger partial charge in [0.05, 0.1) is 30.8 Å². The molecule has 0 saturated heterocycles. The van der Waals surface area contributed by atoms with Gasteiger partial charge in [0.25, 0.3) is 0 Å². The van der Waals surface area contributed by atoms with Gasteiger partial charge >= 0.3 is 0 Å². The molecule has 3 rings (SSSR count). The largest absolute Gasteiger partial charge is 0.496 e. The highest BCUT2D eigenvalue weighted by molar-refractivity contribution is 6.11. The minimum absolute atomic E-state index is 0.748. The number of para-hydroxylation sites is 1. The molecule has 1 aromatic heterocycles. The zero-order valence-corrected chi connectivity index (χ0v) is 15.3. The maximum atomic E-state index is 5.62. The van der Waals surface area contributed by atoms with Crippen LogP contribution in [-0.2, 0) is 0 Å². The third-order valence-electron chi connectivity index (χ3n) is 4.28. The van der Waals surface area contributed by atoms with Crippen LogP contribution in [0.4, 0.5) is 5.69 Å². The summed E-state index contributed by atoms with van der Waals surface area (Å²) in [5.41, 5.74) is 2.81. The molecule has 25 heavy (non-hydrogen) atoms. The molecule has 0 atom stereocenters. The Morgan fingerprint density at radius 2 is 1.72 bits per heavy atom. The van der Waals surface area contributed by atoms with E-state index in [1.165, 1.54) is 0 Å². The fourth-order valence-corrected chi connectivity index (χ4v) is 3.07. The Balaban J connectivity index is 2.17. The number of methoxy groups -OCH3 is 2. The molecule has 0 aliphatic rings. The molecule has 0 bridgehead atoms. The van der Waals surface area contributed by atoms with Crippen molar-refractivity contribution in [3.63, 3.8) is 0 Å². The molecule has 0 spiro atoms. The summed E-state index contributed by atoms with van der Waals surface area (Å²) in [6, 6.07) is 12.0. The lowest BCUT2D eigenvalue weighted by Crippen LogP contribution is -2.16. The van der Waals surface area contributed by atoms with E-state index in [1.54, 1.807) is 14.2 Å². The van der Waals surface area contributed by atoms with Gasteiger partial charge in [0.2, 0.25) is 0 Å². The summed E-state index contributed by atoms with van der Waals surface area (Å²) in [6.45, 7) is 1.91. The van der Waals surface area contributed by atoms with E-state index in [1.807, 2.05) is 30.3 Å². The monoisotopic (exact) mass is 339 g/mol. The first-order chi connectivity index (χ1) is 12.2. The number of nitrogens with zero attached hydrogens (tertiary/aromatic N) is 2. The van der Waals surface area contributed by atoms with Gasteiger partial charge in [-0.05, 0) is 45.3 Å². The van der Waals surface area contributed by atoms with Crippen molar-refractivity contribution in [2.45, 2.75) is 6.42 Å². The van der Waals surface area contributed by atoms with Gasteiger partial charge in [-0.3, -0.25) is 0 Å². The van der Waals surface area contributed by atoms with Crippen LogP contribution in [0.5, 0.6) is 11.5 Å². The second kappa shape index (κ2) is 7.57. The molecule has 0 radical (unpaired) electrons. The van der Waals surface area contributed by atoms with Gasteiger partial charge in [0.1, 0.15) is 17.0 Å². The molecule has 5 heteroatoms. The molecule has 0 aliphatic heterocycles. The molecule has 0 amide bonds. The van der Waals surface area contributed by atoms with Crippen LogP contribution in [0.25, 0.3) is 21.8 Å². The Labute approximate surface area is 148 Å². The van der Waals surface area contributed by atoms with Crippen LogP contribution in [0, 0.1) is 0 Å². The molecule has 0 aliphatic carbocycles. The van der Waals surface area contributed by atoms with Crippen molar-refractivity contribution in [2.24, 2.45) is 0 Å². The van der Waals surface area contributed by atoms with E-state index < -0.39 is 0 Å². The molecule has 0 saturated carbocycles. The van der Waals surface area contributed by atoms with Gasteiger partial charge in [-0.15, -0.1) is 0 Å². The normalized spacial score (nSPS) is 11.2. The van der Waals surface area contributed by atoms with Gasteiger partial charge in [0, 0.05) is 11.9 Å². The van der Waals surface area contributed by atoms with E-state index in [9.17, 15) is 0 Å². The van der Waals surface area contributed by atoms with Crippen molar-refractivity contribution < 1.29 is 9.47 Å². The minimum Gasteiger partial charge on any atom is -0.496 e. The zero-order chi connectivity index (χ0) is 17.8. The summed E-state index contributed by atoms with van der Waals surface area (Å²) < 4.78 is 11.2. The van der Waals surface area contributed by atoms with E-state index in [2.05, 4.69) is 30.4 Å². The number of anilines is 1. The molecular weight excluding hydrogens is 314 g/mol. The fourth-order valence-electron chi connectivity index (χ4n) is 3.07. The van der Waals surface area contributed by atoms with Crippen molar-refractivity contribution in [3.05, 3.63) is 36.4 Å². The second-order valence-electron chi connectivity index (χ2n) is 6.28. The predicted molar refractivity (Wildman–Crippen MR) is 104 cm³/mol. The summed E-state index contributed by atoms with van der Waals surface area (Å²) in [7, 11) is 7.53. The van der Waals surface area contributed by atoms with Crippen LogP contribution in [0.3, 0.4) is 0 Å². The van der Waals surface area contributed by atoms with Crippen LogP contribution in [0.15, 0.2) is 36.4 Å². The highest BCUT2D eigenvalue weighted by atomic mass is 16.5. The van der Waals surface area contributed by atoms with Gasteiger partial charge in [-0.25, -0.2) is 4.98 Å². The Bertz CT molecular complexity index is 878. The maximum absolute atomic E-state index is 5.62. The van der Waals surface area contributed by atoms with Crippen molar-refractivity contribution in [3.8, 4) is 11.5 Å². The highest BCUT2D eigenvalue weighted by Crippen LogP contribution is 2.40. The number of aromatic nitrogens is 1. The maximum Gasteiger partial charge on any atom is 0.145 e. The molecule has 1 heterocycles. The topological polar surface area (TPSA) is 46.6 Å². The van der Waals surface area contributed by atoms with Gasteiger partial charge in [-0.1, -0.05) is 18.2 Å². The first-order valence-corrected chi connectivity index (χ1v) is 8.47. The highest BCUT2D eigenvalue weighted by Gasteiger charge is 2.16. The average molecular weight is 339 g/mol. The van der Waals surface area contributed by atoms with E-state index in [0.717, 1.165) is 58.5 Å². The van der Waals surface area contributed by atoms with Gasteiger partial charge in [0.15, 0.2) is 0 Å². The number of fused-ring (bicyclic) bond motifs is 2. The molecule has 2 aromatic carbocycles. The lowest BCUT2D eigenvalue weighted by atomic mass is 10.1. The Hall–Kier alpha value is -2.53. The molecule has 5 nitrogen and oxygen atoms in total. The SMILES string of the molecule is COc1ccc(OC)c2c(NCCCN(C)C)c3ccccc3nc12. The van der Waals surface area contributed by atoms with Crippen molar-refractivity contribution in [1.29, 1.82) is 0 Å². The standard InChI is InChI=1S/C20H25N3O2/c1-23(2)13-7-12-21-19-14-8-5-6-9-15(14)22-20-17(25-4)11-10-16(24-3)18(19)20/h5-6,8-11H,7,12-13H2,1-4H3,(H,21,22). The minimum atomic E-state index is 0.748. The third-order valence-corrected chi connectivity index (χ3v) is 4.28. The van der Waals surface area contributed by atoms with Crippen molar-refractivity contribution >= 4 is 27.5 Å². The van der Waals surface area contributed by atoms with Gasteiger partial charge < -0.3 is 19.7 Å². The Kier molecular flexibility index (Phi) is 5.24. The quantitative estimate of drug-likeness (QED) is 0.524. The first-order valence-electron chi connectivity index (χ1n) is 8.47. The summed E-state index contributed by atoms with van der Waals surface area (Å²) in [4.78, 5) is 7.01. The molecule has 0 fully saturated rings. The number of ether oxygens (including phenoxy) is 2. The molecular formula is C20H25N3O2. The summed E-state index contributed by atoms with van der Waals surface area (Å²) in [6.07, 6.45) is 1.05. The summed E-state index contributed by atoms with van der Waals surface area (Å²) in [5, 5.41) is 5.66. The van der Waals surface area contributed by atoms with E-state index in [-0.39, 0.29) is 0 Å². The molecule has 0 unspecified atom stereocenters. The van der Waals surface area contributed by atoms with Gasteiger partial charge in [-0.2, -0.15) is 0 Å². The molecule has 1 N–H and O–H groups in total. The zero-order valence-electron chi connectivity index (χ0n) is 15.3. The summed E-state index contributed by atoms with van der Waals surface area (Å²) >= 11 is 0. The predicted octanol–water partition coefficient (Wildman–Crippen LogP) is 3.77. The number of rotatable bonds is 7. The van der Waals surface area contributed by atoms with E-state index in [0.29, 0.717) is 0 Å². The number of benzene rings is 2. The third kappa shape index (κ3) is 3.46. The van der Waals surface area contributed by atoms with Crippen molar-refractivity contribution in [2.75, 3.05) is 46.7 Å². The number of hydrogen-bond donors (Lipinski definition) is 1. The number of nitrogens with one attached hydrogen (secondary N) is 1. The van der Waals surface area contributed by atoms with Crippen LogP contribution in [0.2, 0.25) is 0 Å². The van der Waals surface area contributed by atoms with Crippen LogP contribution in [0.1, 0.15) is 6.42 Å². The van der Waals surface area contributed by atoms with Crippen LogP contribution < -0.4 is 14.8 Å². The average Bonchev–Trinajstić information content (AvgIpc) is 2.63. The first kappa shape index (κ1) is 17.3. The van der Waals surface area contributed by atoms with E-state index >= 15 is 0 Å². The molecule has 132 valence electrons. The van der Waals surface area contributed by atoms with E-state index in [4.69, 9.17) is 14.5 Å². The second-order valence-corrected chi connectivity index (χ2v) is 6.28. The smallest absolute Gasteiger partial charge is 0.145 e. The lowest BCUT2D eigenvalue weighted by Gasteiger charge is -2.17. The summed E-state index contributed by atoms with van der Waals surface area (Å²) in [5.74, 6) is 1.54. The number of pyridine rings is 1. The van der Waals surface area contributed by atoms with Crippen LogP contribution in [-0.4, -0.2) is 51.3 Å². The lowest BCUT2D eigenvalue weighted by molar-refractivity contribution is 0.405.